The highest BCUT2D eigenvalue weighted by Crippen LogP contribution is 2.16. The fourth-order valence-electron chi connectivity index (χ4n) is 1.86. The third-order valence-corrected chi connectivity index (χ3v) is 2.53. The number of nitrogens with zero attached hydrogens (tertiary/aromatic N) is 2. The highest BCUT2D eigenvalue weighted by molar-refractivity contribution is 5.78. The van der Waals surface area contributed by atoms with Crippen LogP contribution in [0.4, 0.5) is 0 Å². The molecule has 5 nitrogen and oxygen atoms in total. The fourth-order valence-corrected chi connectivity index (χ4v) is 1.86. The molecule has 0 aromatic carbocycles. The van der Waals surface area contributed by atoms with E-state index in [-0.39, 0.29) is 24.2 Å². The Hall–Kier alpha value is -1.12. The average molecular weight is 180 g/mol. The minimum absolute atomic E-state index is 0.126. The van der Waals surface area contributed by atoms with Crippen molar-refractivity contribution in [3.8, 4) is 6.07 Å². The van der Waals surface area contributed by atoms with Crippen molar-refractivity contribution in [2.45, 2.75) is 31.6 Å². The molecule has 0 radical (unpaired) electrons. The van der Waals surface area contributed by atoms with E-state index in [1.807, 2.05) is 6.92 Å². The molecule has 3 unspecified atom stereocenters. The number of carbonyl (C=O) groups excluding carboxylic acids is 1. The lowest BCUT2D eigenvalue weighted by Gasteiger charge is -2.34. The van der Waals surface area contributed by atoms with Gasteiger partial charge in [0.1, 0.15) is 12.2 Å². The minimum atomic E-state index is -0.272. The van der Waals surface area contributed by atoms with E-state index >= 15 is 0 Å². The van der Waals surface area contributed by atoms with E-state index in [9.17, 15) is 4.79 Å². The van der Waals surface area contributed by atoms with Gasteiger partial charge in [0.15, 0.2) is 0 Å². The fraction of sp³-hybridized carbons (Fsp3) is 0.750. The molecule has 2 rings (SSSR count). The zero-order valence-electron chi connectivity index (χ0n) is 7.45. The monoisotopic (exact) mass is 180 g/mol. The van der Waals surface area contributed by atoms with E-state index in [1.54, 1.807) is 4.90 Å². The molecular formula is C8H12N4O. The van der Waals surface area contributed by atoms with Crippen LogP contribution >= 0.6 is 0 Å². The van der Waals surface area contributed by atoms with Crippen molar-refractivity contribution in [2.75, 3.05) is 6.67 Å². The van der Waals surface area contributed by atoms with Crippen molar-refractivity contribution in [2.24, 2.45) is 0 Å². The Bertz CT molecular complexity index is 272. The molecule has 2 N–H and O–H groups in total. The number of nitriles is 1. The lowest BCUT2D eigenvalue weighted by Crippen LogP contribution is -2.57. The summed E-state index contributed by atoms with van der Waals surface area (Å²) in [6, 6.07) is 2.04. The Kier molecular flexibility index (Phi) is 1.94. The van der Waals surface area contributed by atoms with Crippen LogP contribution in [0.15, 0.2) is 0 Å². The molecule has 0 bridgehead atoms. The van der Waals surface area contributed by atoms with Gasteiger partial charge in [-0.15, -0.1) is 0 Å². The van der Waals surface area contributed by atoms with Gasteiger partial charge in [-0.05, 0) is 6.92 Å². The van der Waals surface area contributed by atoms with Gasteiger partial charge in [-0.1, -0.05) is 0 Å². The van der Waals surface area contributed by atoms with Gasteiger partial charge in [-0.2, -0.15) is 5.26 Å². The van der Waals surface area contributed by atoms with Crippen molar-refractivity contribution >= 4 is 5.91 Å². The number of carbonyl (C=O) groups is 1. The molecule has 0 aliphatic carbocycles. The maximum atomic E-state index is 11.5. The van der Waals surface area contributed by atoms with Crippen molar-refractivity contribution in [1.82, 2.24) is 15.5 Å². The molecule has 2 fully saturated rings. The second-order valence-corrected chi connectivity index (χ2v) is 3.55. The van der Waals surface area contributed by atoms with Crippen LogP contribution in [0.1, 0.15) is 13.3 Å². The van der Waals surface area contributed by atoms with Gasteiger partial charge in [-0.3, -0.25) is 15.4 Å². The molecule has 0 saturated carbocycles. The van der Waals surface area contributed by atoms with E-state index in [4.69, 9.17) is 5.26 Å². The highest BCUT2D eigenvalue weighted by Gasteiger charge is 2.40. The lowest BCUT2D eigenvalue weighted by molar-refractivity contribution is -0.136. The predicted octanol–water partition coefficient (Wildman–Crippen LogP) is -1.02. The molecule has 70 valence electrons. The summed E-state index contributed by atoms with van der Waals surface area (Å²) in [6.45, 7) is 2.45. The summed E-state index contributed by atoms with van der Waals surface area (Å²) in [6.07, 6.45) is 0.386. The van der Waals surface area contributed by atoms with E-state index in [0.29, 0.717) is 13.1 Å². The minimum Gasteiger partial charge on any atom is -0.312 e. The summed E-state index contributed by atoms with van der Waals surface area (Å²) < 4.78 is 0. The van der Waals surface area contributed by atoms with Gasteiger partial charge >= 0.3 is 0 Å². The van der Waals surface area contributed by atoms with Crippen molar-refractivity contribution in [1.29, 1.82) is 5.26 Å². The van der Waals surface area contributed by atoms with E-state index in [0.717, 1.165) is 0 Å². The SMILES string of the molecule is CC1CC(=O)N2CNC(C#N)C2N1. The number of hydrogen-bond acceptors (Lipinski definition) is 4. The second-order valence-electron chi connectivity index (χ2n) is 3.55. The molecule has 2 heterocycles. The van der Waals surface area contributed by atoms with Gasteiger partial charge in [0.25, 0.3) is 0 Å². The molecule has 2 aliphatic heterocycles. The van der Waals surface area contributed by atoms with Crippen molar-refractivity contribution in [3.05, 3.63) is 0 Å². The van der Waals surface area contributed by atoms with E-state index in [1.165, 1.54) is 0 Å². The normalized spacial score (nSPS) is 38.6. The summed E-state index contributed by atoms with van der Waals surface area (Å²) >= 11 is 0. The maximum absolute atomic E-state index is 11.5. The van der Waals surface area contributed by atoms with Crippen LogP contribution in [0.25, 0.3) is 0 Å². The molecule has 3 atom stereocenters. The van der Waals surface area contributed by atoms with Gasteiger partial charge < -0.3 is 4.90 Å². The molecular weight excluding hydrogens is 168 g/mol. The van der Waals surface area contributed by atoms with Crippen LogP contribution in [-0.2, 0) is 4.79 Å². The molecule has 0 aromatic rings. The summed E-state index contributed by atoms with van der Waals surface area (Å²) in [7, 11) is 0. The highest BCUT2D eigenvalue weighted by atomic mass is 16.2. The summed E-state index contributed by atoms with van der Waals surface area (Å²) in [5.74, 6) is 0.126. The van der Waals surface area contributed by atoms with Gasteiger partial charge in [-0.25, -0.2) is 0 Å². The predicted molar refractivity (Wildman–Crippen MR) is 45.3 cm³/mol. The molecule has 0 spiro atoms. The van der Waals surface area contributed by atoms with Crippen molar-refractivity contribution < 1.29 is 4.79 Å². The molecule has 2 aliphatic rings. The van der Waals surface area contributed by atoms with Gasteiger partial charge in [0.2, 0.25) is 5.91 Å². The standard InChI is InChI=1S/C8H12N4O/c1-5-2-7(13)12-4-10-6(3-9)8(12)11-5/h5-6,8,10-11H,2,4H2,1H3. The second kappa shape index (κ2) is 2.98. The molecule has 13 heavy (non-hydrogen) atoms. The Morgan fingerprint density at radius 2 is 2.46 bits per heavy atom. The first-order valence-electron chi connectivity index (χ1n) is 4.41. The van der Waals surface area contributed by atoms with E-state index in [2.05, 4.69) is 16.7 Å². The number of nitrogens with one attached hydrogen (secondary N) is 2. The van der Waals surface area contributed by atoms with E-state index < -0.39 is 0 Å². The average Bonchev–Trinajstić information content (AvgIpc) is 2.47. The van der Waals surface area contributed by atoms with Crippen LogP contribution in [0, 0.1) is 11.3 Å². The van der Waals surface area contributed by atoms with Crippen LogP contribution in [0.3, 0.4) is 0 Å². The number of hydrogen-bond donors (Lipinski definition) is 2. The first kappa shape index (κ1) is 8.48. The molecule has 5 heteroatoms. The number of rotatable bonds is 0. The Morgan fingerprint density at radius 1 is 1.69 bits per heavy atom. The molecule has 0 aromatic heterocycles. The molecule has 2 saturated heterocycles. The number of fused-ring (bicyclic) bond motifs is 1. The smallest absolute Gasteiger partial charge is 0.226 e. The lowest BCUT2D eigenvalue weighted by atomic mass is 10.1. The first-order chi connectivity index (χ1) is 6.22. The van der Waals surface area contributed by atoms with Crippen LogP contribution in [0.5, 0.6) is 0 Å². The first-order valence-corrected chi connectivity index (χ1v) is 4.41. The Balaban J connectivity index is 2.17. The maximum Gasteiger partial charge on any atom is 0.226 e. The zero-order valence-corrected chi connectivity index (χ0v) is 7.45. The van der Waals surface area contributed by atoms with Crippen LogP contribution in [0.2, 0.25) is 0 Å². The summed E-state index contributed by atoms with van der Waals surface area (Å²) in [5.41, 5.74) is 0. The summed E-state index contributed by atoms with van der Waals surface area (Å²) in [5, 5.41) is 15.0. The topological polar surface area (TPSA) is 68.2 Å². The number of amides is 1. The van der Waals surface area contributed by atoms with Crippen LogP contribution in [-0.4, -0.2) is 35.7 Å². The third-order valence-electron chi connectivity index (χ3n) is 2.53. The Morgan fingerprint density at radius 3 is 3.15 bits per heavy atom. The quantitative estimate of drug-likeness (QED) is 0.500. The van der Waals surface area contributed by atoms with Gasteiger partial charge in [0, 0.05) is 12.5 Å². The third kappa shape index (κ3) is 1.28. The summed E-state index contributed by atoms with van der Waals surface area (Å²) in [4.78, 5) is 13.2. The van der Waals surface area contributed by atoms with Gasteiger partial charge in [0.05, 0.1) is 12.7 Å². The van der Waals surface area contributed by atoms with Crippen molar-refractivity contribution in [3.63, 3.8) is 0 Å². The molecule has 1 amide bonds. The Labute approximate surface area is 76.7 Å². The zero-order chi connectivity index (χ0) is 9.42. The largest absolute Gasteiger partial charge is 0.312 e. The van der Waals surface area contributed by atoms with Crippen LogP contribution < -0.4 is 10.6 Å².